The van der Waals surface area contributed by atoms with E-state index in [9.17, 15) is 14.9 Å². The SMILES string of the molecule is CC(c1ccccc1)n1c(N)c(-c2nc3ccccc3s2)c2ccc([N+](=O)[O-])cc2c1=O. The zero-order valence-electron chi connectivity index (χ0n) is 17.1. The van der Waals surface area contributed by atoms with E-state index in [1.54, 1.807) is 6.07 Å². The second-order valence-corrected chi connectivity index (χ2v) is 8.53. The van der Waals surface area contributed by atoms with E-state index in [0.717, 1.165) is 15.8 Å². The van der Waals surface area contributed by atoms with Crippen LogP contribution in [0.15, 0.2) is 77.6 Å². The minimum absolute atomic E-state index is 0.145. The summed E-state index contributed by atoms with van der Waals surface area (Å²) in [6.45, 7) is 1.89. The van der Waals surface area contributed by atoms with Crippen molar-refractivity contribution >= 4 is 43.8 Å². The molecule has 0 aliphatic heterocycles. The lowest BCUT2D eigenvalue weighted by Crippen LogP contribution is -2.27. The topological polar surface area (TPSA) is 104 Å². The first kappa shape index (κ1) is 19.9. The molecule has 8 heteroatoms. The normalized spacial score (nSPS) is 12.3. The number of thiazole rings is 1. The number of nitro benzene ring substituents is 1. The van der Waals surface area contributed by atoms with E-state index in [2.05, 4.69) is 0 Å². The molecule has 0 aliphatic carbocycles. The number of hydrogen-bond acceptors (Lipinski definition) is 6. The summed E-state index contributed by atoms with van der Waals surface area (Å²) in [6.07, 6.45) is 0. The molecular formula is C24H18N4O3S. The molecule has 5 aromatic rings. The number of aromatic nitrogens is 2. The number of nitrogens with zero attached hydrogens (tertiary/aromatic N) is 3. The third-order valence-corrected chi connectivity index (χ3v) is 6.68. The fourth-order valence-corrected chi connectivity index (χ4v) is 5.04. The van der Waals surface area contributed by atoms with Crippen LogP contribution >= 0.6 is 11.3 Å². The summed E-state index contributed by atoms with van der Waals surface area (Å²) < 4.78 is 2.49. The van der Waals surface area contributed by atoms with Gasteiger partial charge in [-0.25, -0.2) is 4.98 Å². The van der Waals surface area contributed by atoms with Crippen molar-refractivity contribution in [2.45, 2.75) is 13.0 Å². The van der Waals surface area contributed by atoms with Crippen LogP contribution in [-0.2, 0) is 0 Å². The first-order valence-corrected chi connectivity index (χ1v) is 10.8. The Labute approximate surface area is 186 Å². The van der Waals surface area contributed by atoms with Gasteiger partial charge in [-0.05, 0) is 30.7 Å². The third kappa shape index (κ3) is 3.12. The molecule has 0 radical (unpaired) electrons. The standard InChI is InChI=1S/C24H18N4O3S/c1-14(15-7-3-2-4-8-15)27-22(25)21(23-26-19-9-5-6-10-20(19)32-23)17-12-11-16(28(30)31)13-18(17)24(27)29/h2-14H,25H2,1H3. The number of rotatable bonds is 4. The Hall–Kier alpha value is -4.04. The van der Waals surface area contributed by atoms with E-state index in [1.165, 1.54) is 28.0 Å². The van der Waals surface area contributed by atoms with Gasteiger partial charge in [0, 0.05) is 17.5 Å². The molecule has 0 bridgehead atoms. The molecule has 0 fully saturated rings. The number of anilines is 1. The van der Waals surface area contributed by atoms with Crippen LogP contribution in [0.2, 0.25) is 0 Å². The zero-order valence-corrected chi connectivity index (χ0v) is 17.9. The molecule has 1 atom stereocenters. The van der Waals surface area contributed by atoms with Gasteiger partial charge in [-0.3, -0.25) is 19.5 Å². The molecular weight excluding hydrogens is 424 g/mol. The molecule has 1 unspecified atom stereocenters. The van der Waals surface area contributed by atoms with Crippen molar-refractivity contribution in [2.24, 2.45) is 0 Å². The van der Waals surface area contributed by atoms with E-state index in [0.29, 0.717) is 16.0 Å². The van der Waals surface area contributed by atoms with Crippen molar-refractivity contribution in [3.05, 3.63) is 98.8 Å². The second-order valence-electron chi connectivity index (χ2n) is 7.50. The Balaban J connectivity index is 1.88. The van der Waals surface area contributed by atoms with E-state index in [-0.39, 0.29) is 28.5 Å². The van der Waals surface area contributed by atoms with Gasteiger partial charge in [0.1, 0.15) is 10.8 Å². The largest absolute Gasteiger partial charge is 0.384 e. The van der Waals surface area contributed by atoms with Gasteiger partial charge in [-0.1, -0.05) is 42.5 Å². The molecule has 0 saturated heterocycles. The molecule has 0 aliphatic rings. The monoisotopic (exact) mass is 442 g/mol. The molecule has 5 rings (SSSR count). The van der Waals surface area contributed by atoms with Gasteiger partial charge in [-0.2, -0.15) is 0 Å². The molecule has 7 nitrogen and oxygen atoms in total. The van der Waals surface area contributed by atoms with Gasteiger partial charge in [0.05, 0.1) is 32.1 Å². The molecule has 2 N–H and O–H groups in total. The maximum Gasteiger partial charge on any atom is 0.270 e. The fourth-order valence-electron chi connectivity index (χ4n) is 4.01. The molecule has 0 amide bonds. The molecule has 158 valence electrons. The van der Waals surface area contributed by atoms with E-state index in [4.69, 9.17) is 10.7 Å². The van der Waals surface area contributed by atoms with Crippen LogP contribution in [0.25, 0.3) is 31.6 Å². The summed E-state index contributed by atoms with van der Waals surface area (Å²) in [7, 11) is 0. The minimum Gasteiger partial charge on any atom is -0.384 e. The van der Waals surface area contributed by atoms with Crippen molar-refractivity contribution in [1.29, 1.82) is 0 Å². The first-order chi connectivity index (χ1) is 15.5. The van der Waals surface area contributed by atoms with Crippen LogP contribution < -0.4 is 11.3 Å². The fraction of sp³-hybridized carbons (Fsp3) is 0.0833. The molecule has 0 spiro atoms. The van der Waals surface area contributed by atoms with E-state index >= 15 is 0 Å². The lowest BCUT2D eigenvalue weighted by molar-refractivity contribution is -0.384. The smallest absolute Gasteiger partial charge is 0.270 e. The lowest BCUT2D eigenvalue weighted by atomic mass is 10.0. The number of para-hydroxylation sites is 1. The van der Waals surface area contributed by atoms with Crippen LogP contribution in [0.4, 0.5) is 11.5 Å². The summed E-state index contributed by atoms with van der Waals surface area (Å²) in [4.78, 5) is 29.2. The van der Waals surface area contributed by atoms with Gasteiger partial charge in [-0.15, -0.1) is 11.3 Å². The number of nitrogen functional groups attached to an aromatic ring is 1. The second kappa shape index (κ2) is 7.58. The summed E-state index contributed by atoms with van der Waals surface area (Å²) >= 11 is 1.47. The van der Waals surface area contributed by atoms with E-state index < -0.39 is 4.92 Å². The highest BCUT2D eigenvalue weighted by Gasteiger charge is 2.23. The Bertz CT molecular complexity index is 1520. The third-order valence-electron chi connectivity index (χ3n) is 5.63. The van der Waals surface area contributed by atoms with Gasteiger partial charge >= 0.3 is 0 Å². The summed E-state index contributed by atoms with van der Waals surface area (Å²) in [5.74, 6) is 0.284. The Morgan fingerprint density at radius 2 is 1.75 bits per heavy atom. The minimum atomic E-state index is -0.502. The molecule has 2 heterocycles. The lowest BCUT2D eigenvalue weighted by Gasteiger charge is -2.21. The molecule has 32 heavy (non-hydrogen) atoms. The van der Waals surface area contributed by atoms with Crippen LogP contribution in [0.1, 0.15) is 18.5 Å². The summed E-state index contributed by atoms with van der Waals surface area (Å²) in [5, 5.41) is 12.9. The predicted molar refractivity (Wildman–Crippen MR) is 128 cm³/mol. The van der Waals surface area contributed by atoms with E-state index in [1.807, 2.05) is 61.5 Å². The van der Waals surface area contributed by atoms with Crippen molar-refractivity contribution in [1.82, 2.24) is 9.55 Å². The number of hydrogen-bond donors (Lipinski definition) is 1. The quantitative estimate of drug-likeness (QED) is 0.297. The number of fused-ring (bicyclic) bond motifs is 2. The number of nitrogens with two attached hydrogens (primary N) is 1. The maximum atomic E-state index is 13.5. The Kier molecular flexibility index (Phi) is 4.71. The predicted octanol–water partition coefficient (Wildman–Crippen LogP) is 5.38. The first-order valence-electron chi connectivity index (χ1n) is 9.98. The number of non-ortho nitro benzene ring substituents is 1. The average molecular weight is 443 g/mol. The number of nitro groups is 1. The summed E-state index contributed by atoms with van der Waals surface area (Å²) in [6, 6.07) is 21.2. The highest BCUT2D eigenvalue weighted by Crippen LogP contribution is 2.39. The van der Waals surface area contributed by atoms with Crippen LogP contribution in [0.5, 0.6) is 0 Å². The van der Waals surface area contributed by atoms with Crippen LogP contribution in [0, 0.1) is 10.1 Å². The van der Waals surface area contributed by atoms with Crippen molar-refractivity contribution in [3.63, 3.8) is 0 Å². The van der Waals surface area contributed by atoms with Gasteiger partial charge < -0.3 is 5.73 Å². The van der Waals surface area contributed by atoms with Crippen LogP contribution in [0.3, 0.4) is 0 Å². The molecule has 3 aromatic carbocycles. The zero-order chi connectivity index (χ0) is 22.4. The van der Waals surface area contributed by atoms with Crippen molar-refractivity contribution in [3.8, 4) is 10.6 Å². The summed E-state index contributed by atoms with van der Waals surface area (Å²) in [5.41, 5.74) is 8.46. The van der Waals surface area contributed by atoms with Crippen LogP contribution in [-0.4, -0.2) is 14.5 Å². The molecule has 2 aromatic heterocycles. The van der Waals surface area contributed by atoms with Gasteiger partial charge in [0.15, 0.2) is 0 Å². The van der Waals surface area contributed by atoms with Gasteiger partial charge in [0.25, 0.3) is 11.2 Å². The van der Waals surface area contributed by atoms with Crippen molar-refractivity contribution < 1.29 is 4.92 Å². The van der Waals surface area contributed by atoms with Gasteiger partial charge in [0.2, 0.25) is 0 Å². The molecule has 0 saturated carbocycles. The van der Waals surface area contributed by atoms with Crippen molar-refractivity contribution in [2.75, 3.05) is 5.73 Å². The number of benzene rings is 3. The Morgan fingerprint density at radius 1 is 1.03 bits per heavy atom. The highest BCUT2D eigenvalue weighted by molar-refractivity contribution is 7.21. The Morgan fingerprint density at radius 3 is 2.47 bits per heavy atom. The number of pyridine rings is 1. The average Bonchev–Trinajstić information content (AvgIpc) is 3.23. The highest BCUT2D eigenvalue weighted by atomic mass is 32.1. The maximum absolute atomic E-state index is 13.5.